The minimum Gasteiger partial charge on any atom is -0.372 e. The van der Waals surface area contributed by atoms with Crippen LogP contribution in [0.3, 0.4) is 0 Å². The molecule has 0 amide bonds. The summed E-state index contributed by atoms with van der Waals surface area (Å²) in [5.74, 6) is 0.0799. The van der Waals surface area contributed by atoms with Gasteiger partial charge in [0.1, 0.15) is 34.8 Å². The highest BCUT2D eigenvalue weighted by Gasteiger charge is 2.44. The Labute approximate surface area is 259 Å². The number of hydrogen-bond donors (Lipinski definition) is 1. The normalized spacial score (nSPS) is 27.3. The van der Waals surface area contributed by atoms with Crippen LogP contribution in [-0.2, 0) is 16.3 Å². The number of hydrogen-bond acceptors (Lipinski definition) is 8. The average molecular weight is 644 g/mol. The highest BCUT2D eigenvalue weighted by molar-refractivity contribution is 8.03. The van der Waals surface area contributed by atoms with Gasteiger partial charge in [-0.3, -0.25) is 15.0 Å². The molecule has 2 unspecified atom stereocenters. The van der Waals surface area contributed by atoms with E-state index in [1.54, 1.807) is 43.1 Å². The molecule has 4 aliphatic rings. The molecule has 0 saturated carbocycles. The van der Waals surface area contributed by atoms with E-state index in [-0.39, 0.29) is 27.8 Å². The molecular formula is C31H32ClF2N5O2S2. The van der Waals surface area contributed by atoms with Gasteiger partial charge >= 0.3 is 0 Å². The second kappa shape index (κ2) is 11.8. The van der Waals surface area contributed by atoms with Crippen LogP contribution in [0.4, 0.5) is 8.78 Å². The number of thioether (sulfide) groups is 1. The molecule has 12 heteroatoms. The van der Waals surface area contributed by atoms with Crippen LogP contribution in [0.15, 0.2) is 87.6 Å². The minimum atomic E-state index is -3.40. The average Bonchev–Trinajstić information content (AvgIpc) is 3.72. The third-order valence-corrected chi connectivity index (χ3v) is 11.3. The van der Waals surface area contributed by atoms with Crippen LogP contribution in [0.25, 0.3) is 0 Å². The third kappa shape index (κ3) is 6.17. The molecule has 6 rings (SSSR count). The molecule has 2 aromatic rings. The molecule has 5 atom stereocenters. The van der Waals surface area contributed by atoms with E-state index in [9.17, 15) is 17.2 Å². The van der Waals surface area contributed by atoms with Gasteiger partial charge < -0.3 is 10.2 Å². The van der Waals surface area contributed by atoms with Gasteiger partial charge in [-0.1, -0.05) is 41.6 Å². The summed E-state index contributed by atoms with van der Waals surface area (Å²) in [6.07, 6.45) is 6.65. The van der Waals surface area contributed by atoms with E-state index in [0.29, 0.717) is 30.7 Å². The number of pyridine rings is 1. The zero-order chi connectivity index (χ0) is 30.4. The van der Waals surface area contributed by atoms with Crippen molar-refractivity contribution in [1.29, 1.82) is 0 Å². The van der Waals surface area contributed by atoms with Gasteiger partial charge in [0, 0.05) is 52.9 Å². The summed E-state index contributed by atoms with van der Waals surface area (Å²) < 4.78 is 55.4. The molecule has 1 aromatic heterocycles. The summed E-state index contributed by atoms with van der Waals surface area (Å²) in [5.41, 5.74) is 2.48. The minimum absolute atomic E-state index is 0.00726. The Morgan fingerprint density at radius 2 is 2.12 bits per heavy atom. The first-order chi connectivity index (χ1) is 20.5. The number of amidine groups is 1. The molecule has 226 valence electrons. The number of aromatic nitrogens is 1. The van der Waals surface area contributed by atoms with Crippen LogP contribution in [0, 0.1) is 11.7 Å². The SMILES string of the molecule is CC(F)[C@]1(C)C=CC(C2=C3C[C@H](CS(=O)(=O)CCc4ccccn4)CN3C(C3NC=CS3)=N[C@H]2c2ccc(F)cc2Cl)=N1. The lowest BCUT2D eigenvalue weighted by Crippen LogP contribution is -2.43. The number of aliphatic imine (C=N–C) groups is 2. The number of halogens is 3. The number of nitrogens with zero attached hydrogens (tertiary/aromatic N) is 4. The fraction of sp³-hybridized carbons (Fsp3) is 0.387. The summed E-state index contributed by atoms with van der Waals surface area (Å²) in [7, 11) is -3.40. The predicted molar refractivity (Wildman–Crippen MR) is 169 cm³/mol. The Morgan fingerprint density at radius 1 is 1.28 bits per heavy atom. The number of allylic oxidation sites excluding steroid dienone is 2. The number of nitrogens with one attached hydrogen (secondary N) is 1. The Balaban J connectivity index is 1.40. The van der Waals surface area contributed by atoms with Crippen LogP contribution >= 0.6 is 23.4 Å². The number of fused-ring (bicyclic) bond motifs is 1. The van der Waals surface area contributed by atoms with Crippen molar-refractivity contribution in [3.05, 3.63) is 99.7 Å². The number of alkyl halides is 1. The van der Waals surface area contributed by atoms with Crippen LogP contribution in [0.1, 0.15) is 37.6 Å². The summed E-state index contributed by atoms with van der Waals surface area (Å²) in [6.45, 7) is 3.67. The Morgan fingerprint density at radius 3 is 2.79 bits per heavy atom. The Kier molecular flexibility index (Phi) is 8.25. The third-order valence-electron chi connectivity index (χ3n) is 8.30. The van der Waals surface area contributed by atoms with Crippen molar-refractivity contribution in [2.75, 3.05) is 18.1 Å². The molecule has 1 saturated heterocycles. The zero-order valence-electron chi connectivity index (χ0n) is 23.8. The van der Waals surface area contributed by atoms with Crippen molar-refractivity contribution in [2.45, 2.75) is 49.8 Å². The number of rotatable bonds is 9. The monoisotopic (exact) mass is 643 g/mol. The molecule has 7 nitrogen and oxygen atoms in total. The second-order valence-electron chi connectivity index (χ2n) is 11.4. The van der Waals surface area contributed by atoms with Crippen molar-refractivity contribution < 1.29 is 17.2 Å². The van der Waals surface area contributed by atoms with Crippen LogP contribution in [-0.4, -0.2) is 65.0 Å². The van der Waals surface area contributed by atoms with E-state index in [1.165, 1.54) is 19.1 Å². The van der Waals surface area contributed by atoms with E-state index >= 15 is 0 Å². The summed E-state index contributed by atoms with van der Waals surface area (Å²) in [4.78, 5) is 16.3. The van der Waals surface area contributed by atoms with Gasteiger partial charge in [-0.15, -0.1) is 0 Å². The van der Waals surface area contributed by atoms with Crippen LogP contribution in [0.5, 0.6) is 0 Å². The van der Waals surface area contributed by atoms with Gasteiger partial charge in [0.15, 0.2) is 9.84 Å². The maximum Gasteiger partial charge on any atom is 0.151 e. The Hall–Kier alpha value is -3.02. The standard InChI is InChI=1S/C31H32ClF2N5O2S2/c1-19(33)31(2)10-8-25(38-31)27-26-15-20(18-43(40,41)14-9-22-5-3-4-11-35-22)17-39(26)29(30-36-12-13-42-30)37-28(27)23-7-6-21(34)16-24(23)32/h3-8,10-13,16,19-20,28,30,36H,9,14-15,17-18H2,1-2H3/t19?,20-,28-,30?,31-/m0/s1. The maximum atomic E-state index is 14.7. The molecule has 4 aliphatic heterocycles. The lowest BCUT2D eigenvalue weighted by Gasteiger charge is -2.35. The van der Waals surface area contributed by atoms with Crippen molar-refractivity contribution in [3.63, 3.8) is 0 Å². The van der Waals surface area contributed by atoms with Crippen molar-refractivity contribution in [1.82, 2.24) is 15.2 Å². The summed E-state index contributed by atoms with van der Waals surface area (Å²) in [5, 5.41) is 5.29. The van der Waals surface area contributed by atoms with Gasteiger partial charge in [0.2, 0.25) is 0 Å². The Bertz CT molecular complexity index is 1670. The van der Waals surface area contributed by atoms with Gasteiger partial charge in [0.25, 0.3) is 0 Å². The van der Waals surface area contributed by atoms with E-state index < -0.39 is 33.4 Å². The van der Waals surface area contributed by atoms with Crippen molar-refractivity contribution in [3.8, 4) is 0 Å². The zero-order valence-corrected chi connectivity index (χ0v) is 26.1. The lowest BCUT2D eigenvalue weighted by atomic mass is 9.90. The summed E-state index contributed by atoms with van der Waals surface area (Å²) >= 11 is 8.17. The molecule has 0 bridgehead atoms. The topological polar surface area (TPSA) is 87.0 Å². The predicted octanol–water partition coefficient (Wildman–Crippen LogP) is 5.82. The van der Waals surface area contributed by atoms with Crippen molar-refractivity contribution in [2.24, 2.45) is 15.9 Å². The molecular weight excluding hydrogens is 612 g/mol. The summed E-state index contributed by atoms with van der Waals surface area (Å²) in [6, 6.07) is 9.07. The first-order valence-electron chi connectivity index (χ1n) is 14.2. The fourth-order valence-electron chi connectivity index (χ4n) is 5.91. The molecule has 1 aromatic carbocycles. The van der Waals surface area contributed by atoms with Crippen molar-refractivity contribution >= 4 is 44.7 Å². The van der Waals surface area contributed by atoms with Gasteiger partial charge in [-0.05, 0) is 61.9 Å². The number of sulfone groups is 1. The lowest BCUT2D eigenvalue weighted by molar-refractivity contribution is 0.269. The quantitative estimate of drug-likeness (QED) is 0.371. The van der Waals surface area contributed by atoms with Gasteiger partial charge in [-0.2, -0.15) is 0 Å². The first-order valence-corrected chi connectivity index (χ1v) is 17.3. The fourth-order valence-corrected chi connectivity index (χ4v) is 8.59. The van der Waals surface area contributed by atoms with E-state index in [0.717, 1.165) is 22.8 Å². The number of aryl methyl sites for hydroxylation is 1. The van der Waals surface area contributed by atoms with Crippen LogP contribution in [0.2, 0.25) is 5.02 Å². The number of benzene rings is 1. The molecule has 0 radical (unpaired) electrons. The van der Waals surface area contributed by atoms with E-state index in [2.05, 4.69) is 15.2 Å². The largest absolute Gasteiger partial charge is 0.372 e. The molecule has 0 spiro atoms. The highest BCUT2D eigenvalue weighted by Crippen LogP contribution is 2.46. The second-order valence-corrected chi connectivity index (χ2v) is 15.1. The molecule has 0 aliphatic carbocycles. The van der Waals surface area contributed by atoms with E-state index in [1.807, 2.05) is 29.8 Å². The molecule has 43 heavy (non-hydrogen) atoms. The van der Waals surface area contributed by atoms with E-state index in [4.69, 9.17) is 21.6 Å². The van der Waals surface area contributed by atoms with Gasteiger partial charge in [0.05, 0.1) is 17.2 Å². The molecule has 1 fully saturated rings. The smallest absolute Gasteiger partial charge is 0.151 e. The maximum absolute atomic E-state index is 14.7. The molecule has 5 heterocycles. The van der Waals surface area contributed by atoms with Crippen LogP contribution < -0.4 is 5.32 Å². The first kappa shape index (κ1) is 30.0. The molecule has 1 N–H and O–H groups in total. The highest BCUT2D eigenvalue weighted by atomic mass is 35.5. The van der Waals surface area contributed by atoms with Gasteiger partial charge in [-0.25, -0.2) is 17.2 Å².